The fourth-order valence-electron chi connectivity index (χ4n) is 1.13. The molecule has 0 amide bonds. The largest absolute Gasteiger partial charge is 0.393 e. The predicted octanol–water partition coefficient (Wildman–Crippen LogP) is 1.06. The van der Waals surface area contributed by atoms with Crippen LogP contribution in [0.2, 0.25) is 0 Å². The molecule has 0 fully saturated rings. The third kappa shape index (κ3) is 4.20. The van der Waals surface area contributed by atoms with E-state index in [9.17, 15) is 0 Å². The monoisotopic (exact) mass is 210 g/mol. The van der Waals surface area contributed by atoms with Gasteiger partial charge in [0.15, 0.2) is 0 Å². The van der Waals surface area contributed by atoms with Crippen molar-refractivity contribution in [2.45, 2.75) is 39.7 Å². The zero-order valence-electron chi connectivity index (χ0n) is 9.49. The third-order valence-corrected chi connectivity index (χ3v) is 2.17. The van der Waals surface area contributed by atoms with E-state index in [1.165, 1.54) is 0 Å². The molecule has 0 aliphatic rings. The fourth-order valence-corrected chi connectivity index (χ4v) is 1.13. The number of hydrogen-bond donors (Lipinski definition) is 2. The maximum absolute atomic E-state index is 9.06. The van der Waals surface area contributed by atoms with Gasteiger partial charge in [-0.25, -0.2) is 4.98 Å². The smallest absolute Gasteiger partial charge is 0.242 e. The van der Waals surface area contributed by atoms with Crippen LogP contribution in [-0.2, 0) is 0 Å². The minimum absolute atomic E-state index is 0.245. The third-order valence-electron chi connectivity index (χ3n) is 2.17. The van der Waals surface area contributed by atoms with Crippen LogP contribution in [0.15, 0.2) is 0 Å². The van der Waals surface area contributed by atoms with E-state index in [-0.39, 0.29) is 6.10 Å². The van der Waals surface area contributed by atoms with Gasteiger partial charge in [0.05, 0.1) is 17.5 Å². The lowest BCUT2D eigenvalue weighted by atomic mass is 10.2. The minimum Gasteiger partial charge on any atom is -0.393 e. The molecule has 0 spiro atoms. The first kappa shape index (κ1) is 11.8. The standard InChI is InChI=1S/C10H18N4O/c1-7(15)5-4-6-11-10-12-8(2)9(3)13-14-10/h7,15H,4-6H2,1-3H3,(H,11,12,14). The van der Waals surface area contributed by atoms with E-state index in [1.807, 2.05) is 13.8 Å². The van der Waals surface area contributed by atoms with Gasteiger partial charge >= 0.3 is 0 Å². The Morgan fingerprint density at radius 1 is 1.27 bits per heavy atom. The summed E-state index contributed by atoms with van der Waals surface area (Å²) < 4.78 is 0. The Hall–Kier alpha value is -1.23. The molecule has 0 aromatic carbocycles. The quantitative estimate of drug-likeness (QED) is 0.711. The lowest BCUT2D eigenvalue weighted by Gasteiger charge is -2.06. The topological polar surface area (TPSA) is 70.9 Å². The first-order valence-electron chi connectivity index (χ1n) is 5.19. The van der Waals surface area contributed by atoms with Crippen molar-refractivity contribution < 1.29 is 5.11 Å². The second kappa shape index (κ2) is 5.60. The highest BCUT2D eigenvalue weighted by atomic mass is 16.3. The van der Waals surface area contributed by atoms with Crippen molar-refractivity contribution in [1.82, 2.24) is 15.2 Å². The summed E-state index contributed by atoms with van der Waals surface area (Å²) >= 11 is 0. The first-order valence-corrected chi connectivity index (χ1v) is 5.19. The van der Waals surface area contributed by atoms with Gasteiger partial charge in [0, 0.05) is 6.54 Å². The SMILES string of the molecule is Cc1nnc(NCCCC(C)O)nc1C. The molecule has 0 aliphatic heterocycles. The molecule has 1 aromatic rings. The van der Waals surface area contributed by atoms with Crippen LogP contribution in [0.3, 0.4) is 0 Å². The van der Waals surface area contributed by atoms with Crippen LogP contribution in [0.1, 0.15) is 31.2 Å². The molecule has 0 radical (unpaired) electrons. The van der Waals surface area contributed by atoms with E-state index < -0.39 is 0 Å². The van der Waals surface area contributed by atoms with Crippen molar-refractivity contribution in [2.24, 2.45) is 0 Å². The van der Waals surface area contributed by atoms with Crippen molar-refractivity contribution in [1.29, 1.82) is 0 Å². The van der Waals surface area contributed by atoms with Gasteiger partial charge in [0.25, 0.3) is 0 Å². The molecule has 0 aliphatic carbocycles. The normalized spacial score (nSPS) is 12.5. The summed E-state index contributed by atoms with van der Waals surface area (Å²) in [4.78, 5) is 4.24. The van der Waals surface area contributed by atoms with E-state index in [0.29, 0.717) is 5.95 Å². The maximum atomic E-state index is 9.06. The second-order valence-corrected chi connectivity index (χ2v) is 3.72. The molecule has 15 heavy (non-hydrogen) atoms. The van der Waals surface area contributed by atoms with Crippen LogP contribution in [0.25, 0.3) is 0 Å². The molecule has 0 bridgehead atoms. The molecular weight excluding hydrogens is 192 g/mol. The van der Waals surface area contributed by atoms with Gasteiger partial charge in [-0.05, 0) is 33.6 Å². The fraction of sp³-hybridized carbons (Fsp3) is 0.700. The highest BCUT2D eigenvalue weighted by molar-refractivity contribution is 5.24. The molecule has 2 N–H and O–H groups in total. The Labute approximate surface area is 90.0 Å². The van der Waals surface area contributed by atoms with Crippen LogP contribution in [-0.4, -0.2) is 32.9 Å². The zero-order chi connectivity index (χ0) is 11.3. The number of aliphatic hydroxyl groups is 1. The lowest BCUT2D eigenvalue weighted by molar-refractivity contribution is 0.183. The number of hydrogen-bond acceptors (Lipinski definition) is 5. The predicted molar refractivity (Wildman–Crippen MR) is 58.7 cm³/mol. The summed E-state index contributed by atoms with van der Waals surface area (Å²) in [6.45, 7) is 6.33. The molecular formula is C10H18N4O. The second-order valence-electron chi connectivity index (χ2n) is 3.72. The Balaban J connectivity index is 2.35. The molecule has 84 valence electrons. The van der Waals surface area contributed by atoms with E-state index in [2.05, 4.69) is 20.5 Å². The van der Waals surface area contributed by atoms with Crippen molar-refractivity contribution in [2.75, 3.05) is 11.9 Å². The number of aliphatic hydroxyl groups excluding tert-OH is 1. The lowest BCUT2D eigenvalue weighted by Crippen LogP contribution is -2.10. The van der Waals surface area contributed by atoms with Gasteiger partial charge in [-0.15, -0.1) is 5.10 Å². The number of rotatable bonds is 5. The van der Waals surface area contributed by atoms with Gasteiger partial charge in [-0.2, -0.15) is 5.10 Å². The van der Waals surface area contributed by atoms with Crippen LogP contribution in [0.5, 0.6) is 0 Å². The van der Waals surface area contributed by atoms with Gasteiger partial charge in [-0.3, -0.25) is 0 Å². The highest BCUT2D eigenvalue weighted by Gasteiger charge is 2.00. The van der Waals surface area contributed by atoms with E-state index in [4.69, 9.17) is 5.11 Å². The van der Waals surface area contributed by atoms with Gasteiger partial charge < -0.3 is 10.4 Å². The molecule has 0 saturated heterocycles. The molecule has 1 heterocycles. The van der Waals surface area contributed by atoms with Gasteiger partial charge in [0.1, 0.15) is 0 Å². The van der Waals surface area contributed by atoms with E-state index in [0.717, 1.165) is 30.8 Å². The van der Waals surface area contributed by atoms with Crippen LogP contribution < -0.4 is 5.32 Å². The molecule has 0 saturated carbocycles. The van der Waals surface area contributed by atoms with Gasteiger partial charge in [0.2, 0.25) is 5.95 Å². The van der Waals surface area contributed by atoms with Crippen LogP contribution >= 0.6 is 0 Å². The molecule has 1 rings (SSSR count). The number of aromatic nitrogens is 3. The molecule has 1 aromatic heterocycles. The number of nitrogens with one attached hydrogen (secondary N) is 1. The van der Waals surface area contributed by atoms with Crippen molar-refractivity contribution >= 4 is 5.95 Å². The summed E-state index contributed by atoms with van der Waals surface area (Å²) in [6.07, 6.45) is 1.43. The summed E-state index contributed by atoms with van der Waals surface area (Å²) in [5.41, 5.74) is 1.74. The summed E-state index contributed by atoms with van der Waals surface area (Å²) in [5, 5.41) is 20.0. The molecule has 5 nitrogen and oxygen atoms in total. The molecule has 1 atom stereocenters. The Morgan fingerprint density at radius 3 is 2.60 bits per heavy atom. The van der Waals surface area contributed by atoms with Gasteiger partial charge in [-0.1, -0.05) is 0 Å². The number of anilines is 1. The first-order chi connectivity index (χ1) is 7.09. The summed E-state index contributed by atoms with van der Waals surface area (Å²) in [5.74, 6) is 0.559. The van der Waals surface area contributed by atoms with Crippen molar-refractivity contribution in [3.05, 3.63) is 11.4 Å². The number of aryl methyl sites for hydroxylation is 2. The minimum atomic E-state index is -0.245. The average molecular weight is 210 g/mol. The van der Waals surface area contributed by atoms with Crippen molar-refractivity contribution in [3.63, 3.8) is 0 Å². The van der Waals surface area contributed by atoms with E-state index in [1.54, 1.807) is 6.92 Å². The summed E-state index contributed by atoms with van der Waals surface area (Å²) in [7, 11) is 0. The number of nitrogens with zero attached hydrogens (tertiary/aromatic N) is 3. The van der Waals surface area contributed by atoms with Crippen LogP contribution in [0, 0.1) is 13.8 Å². The Morgan fingerprint density at radius 2 is 2.00 bits per heavy atom. The molecule has 5 heteroatoms. The summed E-state index contributed by atoms with van der Waals surface area (Å²) in [6, 6.07) is 0. The Kier molecular flexibility index (Phi) is 4.42. The van der Waals surface area contributed by atoms with Crippen molar-refractivity contribution in [3.8, 4) is 0 Å². The van der Waals surface area contributed by atoms with Crippen LogP contribution in [0.4, 0.5) is 5.95 Å². The average Bonchev–Trinajstić information content (AvgIpc) is 2.18. The maximum Gasteiger partial charge on any atom is 0.242 e. The Bertz CT molecular complexity index is 314. The zero-order valence-corrected chi connectivity index (χ0v) is 9.49. The van der Waals surface area contributed by atoms with E-state index >= 15 is 0 Å². The molecule has 1 unspecified atom stereocenters. The highest BCUT2D eigenvalue weighted by Crippen LogP contribution is 2.02.